The minimum absolute atomic E-state index is 0.199. The molecule has 1 aromatic carbocycles. The van der Waals surface area contributed by atoms with E-state index in [0.29, 0.717) is 18.0 Å². The van der Waals surface area contributed by atoms with E-state index in [0.717, 1.165) is 22.2 Å². The van der Waals surface area contributed by atoms with Gasteiger partial charge in [-0.15, -0.1) is 0 Å². The fourth-order valence-corrected chi connectivity index (χ4v) is 3.16. The Kier molecular flexibility index (Phi) is 5.30. The molecule has 142 valence electrons. The maximum atomic E-state index is 12.6. The zero-order valence-electron chi connectivity index (χ0n) is 15.7. The maximum absolute atomic E-state index is 12.6. The van der Waals surface area contributed by atoms with Crippen LogP contribution < -0.4 is 5.32 Å². The summed E-state index contributed by atoms with van der Waals surface area (Å²) in [6.07, 6.45) is 3.49. The molecule has 3 aromatic rings. The summed E-state index contributed by atoms with van der Waals surface area (Å²) in [5.74, 6) is -1.09. The molecule has 7 heteroatoms. The van der Waals surface area contributed by atoms with Crippen molar-refractivity contribution in [2.75, 3.05) is 0 Å². The molecule has 1 unspecified atom stereocenters. The molecule has 2 aromatic heterocycles. The summed E-state index contributed by atoms with van der Waals surface area (Å²) in [4.78, 5) is 27.5. The van der Waals surface area contributed by atoms with Gasteiger partial charge in [0.15, 0.2) is 0 Å². The molecular formula is C20H24N4O3. The second-order valence-electron chi connectivity index (χ2n) is 7.15. The number of para-hydroxylation sites is 1. The van der Waals surface area contributed by atoms with Crippen LogP contribution in [-0.2, 0) is 17.8 Å². The topological polar surface area (TPSA) is 100 Å². The molecule has 0 aliphatic carbocycles. The number of carboxylic acids is 1. The Balaban J connectivity index is 1.78. The summed E-state index contributed by atoms with van der Waals surface area (Å²) in [7, 11) is 0. The number of aromatic amines is 1. The number of H-pyrrole nitrogens is 1. The lowest BCUT2D eigenvalue weighted by Crippen LogP contribution is -2.42. The number of carbonyl (C=O) groups is 2. The monoisotopic (exact) mass is 368 g/mol. The van der Waals surface area contributed by atoms with Crippen LogP contribution in [0.5, 0.6) is 0 Å². The van der Waals surface area contributed by atoms with Crippen LogP contribution in [0.3, 0.4) is 0 Å². The number of hydrogen-bond acceptors (Lipinski definition) is 3. The first-order chi connectivity index (χ1) is 12.9. The fraction of sp³-hybridized carbons (Fsp3) is 0.350. The Morgan fingerprint density at radius 3 is 2.74 bits per heavy atom. The van der Waals surface area contributed by atoms with Crippen molar-refractivity contribution in [3.05, 3.63) is 53.5 Å². The summed E-state index contributed by atoms with van der Waals surface area (Å²) in [6, 6.07) is 6.66. The number of nitrogens with zero attached hydrogens (tertiary/aromatic N) is 2. The third-order valence-electron chi connectivity index (χ3n) is 4.59. The first kappa shape index (κ1) is 18.7. The van der Waals surface area contributed by atoms with Crippen LogP contribution in [-0.4, -0.2) is 37.8 Å². The van der Waals surface area contributed by atoms with Gasteiger partial charge in [-0.25, -0.2) is 4.79 Å². The van der Waals surface area contributed by atoms with E-state index in [1.165, 1.54) is 6.20 Å². The third-order valence-corrected chi connectivity index (χ3v) is 4.59. The predicted octanol–water partition coefficient (Wildman–Crippen LogP) is 2.75. The summed E-state index contributed by atoms with van der Waals surface area (Å²) in [5, 5.41) is 17.4. The first-order valence-corrected chi connectivity index (χ1v) is 8.98. The molecule has 0 radical (unpaired) electrons. The molecule has 0 fully saturated rings. The Morgan fingerprint density at radius 1 is 1.30 bits per heavy atom. The molecule has 0 spiro atoms. The number of carbonyl (C=O) groups excluding carboxylic acids is 1. The number of aliphatic carboxylic acids is 1. The molecule has 0 bridgehead atoms. The summed E-state index contributed by atoms with van der Waals surface area (Å²) in [6.45, 7) is 6.67. The highest BCUT2D eigenvalue weighted by molar-refractivity contribution is 5.97. The molecule has 0 saturated heterocycles. The Labute approximate surface area is 157 Å². The number of aromatic nitrogens is 3. The van der Waals surface area contributed by atoms with Crippen LogP contribution in [0.1, 0.15) is 35.5 Å². The van der Waals surface area contributed by atoms with E-state index in [1.807, 2.05) is 31.2 Å². The lowest BCUT2D eigenvalue weighted by Gasteiger charge is -2.14. The quantitative estimate of drug-likeness (QED) is 0.597. The molecule has 3 rings (SSSR count). The minimum Gasteiger partial charge on any atom is -0.480 e. The zero-order chi connectivity index (χ0) is 19.6. The van der Waals surface area contributed by atoms with Gasteiger partial charge in [-0.1, -0.05) is 32.0 Å². The molecule has 3 N–H and O–H groups in total. The third kappa shape index (κ3) is 4.02. The second-order valence-corrected chi connectivity index (χ2v) is 7.15. The zero-order valence-corrected chi connectivity index (χ0v) is 15.7. The van der Waals surface area contributed by atoms with Crippen molar-refractivity contribution in [1.82, 2.24) is 20.1 Å². The lowest BCUT2D eigenvalue weighted by atomic mass is 10.0. The van der Waals surface area contributed by atoms with Gasteiger partial charge in [0.2, 0.25) is 0 Å². The first-order valence-electron chi connectivity index (χ1n) is 8.98. The minimum atomic E-state index is -1.07. The van der Waals surface area contributed by atoms with Gasteiger partial charge in [0, 0.05) is 35.8 Å². The SMILES string of the molecule is Cc1c(C(=O)NC(Cc2c[nH]c3ccccc23)C(=O)O)cnn1CC(C)C. The van der Waals surface area contributed by atoms with Crippen LogP contribution in [0, 0.1) is 12.8 Å². The van der Waals surface area contributed by atoms with Crippen molar-refractivity contribution in [2.24, 2.45) is 5.92 Å². The van der Waals surface area contributed by atoms with Gasteiger partial charge in [0.05, 0.1) is 11.8 Å². The number of benzene rings is 1. The highest BCUT2D eigenvalue weighted by atomic mass is 16.4. The number of hydrogen-bond donors (Lipinski definition) is 3. The lowest BCUT2D eigenvalue weighted by molar-refractivity contribution is -0.139. The van der Waals surface area contributed by atoms with E-state index in [4.69, 9.17) is 0 Å². The van der Waals surface area contributed by atoms with Crippen molar-refractivity contribution in [3.8, 4) is 0 Å². The number of fused-ring (bicyclic) bond motifs is 1. The van der Waals surface area contributed by atoms with Gasteiger partial charge < -0.3 is 15.4 Å². The van der Waals surface area contributed by atoms with Crippen LogP contribution in [0.25, 0.3) is 10.9 Å². The molecule has 27 heavy (non-hydrogen) atoms. The normalized spacial score (nSPS) is 12.4. The number of carboxylic acid groups (broad SMARTS) is 1. The molecule has 1 atom stereocenters. The molecule has 0 saturated carbocycles. The van der Waals surface area contributed by atoms with Crippen LogP contribution in [0.4, 0.5) is 0 Å². The summed E-state index contributed by atoms with van der Waals surface area (Å²) < 4.78 is 1.77. The van der Waals surface area contributed by atoms with Crippen LogP contribution in [0.15, 0.2) is 36.7 Å². The van der Waals surface area contributed by atoms with Crippen molar-refractivity contribution in [3.63, 3.8) is 0 Å². The average molecular weight is 368 g/mol. The molecule has 0 aliphatic rings. The van der Waals surface area contributed by atoms with Crippen LogP contribution >= 0.6 is 0 Å². The van der Waals surface area contributed by atoms with Gasteiger partial charge in [-0.2, -0.15) is 5.10 Å². The second kappa shape index (κ2) is 7.65. The van der Waals surface area contributed by atoms with Gasteiger partial charge in [0.1, 0.15) is 6.04 Å². The number of amides is 1. The van der Waals surface area contributed by atoms with E-state index in [-0.39, 0.29) is 6.42 Å². The maximum Gasteiger partial charge on any atom is 0.326 e. The standard InChI is InChI=1S/C20H24N4O3/c1-12(2)11-24-13(3)16(10-22-24)19(25)23-18(20(26)27)8-14-9-21-17-7-5-4-6-15(14)17/h4-7,9-10,12,18,21H,8,11H2,1-3H3,(H,23,25)(H,26,27). The Hall–Kier alpha value is -3.09. The van der Waals surface area contributed by atoms with Crippen LogP contribution in [0.2, 0.25) is 0 Å². The predicted molar refractivity (Wildman–Crippen MR) is 103 cm³/mol. The van der Waals surface area contributed by atoms with Crippen molar-refractivity contribution >= 4 is 22.8 Å². The number of nitrogens with one attached hydrogen (secondary N) is 2. The molecule has 7 nitrogen and oxygen atoms in total. The van der Waals surface area contributed by atoms with E-state index < -0.39 is 17.9 Å². The smallest absolute Gasteiger partial charge is 0.326 e. The van der Waals surface area contributed by atoms with Crippen molar-refractivity contribution in [1.29, 1.82) is 0 Å². The Bertz CT molecular complexity index is 971. The van der Waals surface area contributed by atoms with E-state index in [1.54, 1.807) is 10.9 Å². The summed E-state index contributed by atoms with van der Waals surface area (Å²) >= 11 is 0. The van der Waals surface area contributed by atoms with E-state index in [9.17, 15) is 14.7 Å². The molecule has 2 heterocycles. The Morgan fingerprint density at radius 2 is 2.04 bits per heavy atom. The van der Waals surface area contributed by atoms with E-state index in [2.05, 4.69) is 29.2 Å². The van der Waals surface area contributed by atoms with Gasteiger partial charge in [-0.3, -0.25) is 9.48 Å². The highest BCUT2D eigenvalue weighted by Gasteiger charge is 2.24. The summed E-state index contributed by atoms with van der Waals surface area (Å²) in [5.41, 5.74) is 2.93. The van der Waals surface area contributed by atoms with Crippen molar-refractivity contribution in [2.45, 2.75) is 39.8 Å². The number of rotatable bonds is 7. The molecule has 1 amide bonds. The average Bonchev–Trinajstić information content (AvgIpc) is 3.18. The van der Waals surface area contributed by atoms with E-state index >= 15 is 0 Å². The molecule has 0 aliphatic heterocycles. The van der Waals surface area contributed by atoms with Crippen molar-refractivity contribution < 1.29 is 14.7 Å². The largest absolute Gasteiger partial charge is 0.480 e. The molecular weight excluding hydrogens is 344 g/mol. The van der Waals surface area contributed by atoms with Gasteiger partial charge in [0.25, 0.3) is 5.91 Å². The van der Waals surface area contributed by atoms with Gasteiger partial charge in [-0.05, 0) is 24.5 Å². The highest BCUT2D eigenvalue weighted by Crippen LogP contribution is 2.19. The van der Waals surface area contributed by atoms with Gasteiger partial charge >= 0.3 is 5.97 Å². The fourth-order valence-electron chi connectivity index (χ4n) is 3.16.